The highest BCUT2D eigenvalue weighted by atomic mass is 16.5. The second-order valence-electron chi connectivity index (χ2n) is 7.35. The maximum Gasteiger partial charge on any atom is 0.253 e. The molecule has 2 aromatic heterocycles. The molecule has 5 rings (SSSR count). The zero-order valence-corrected chi connectivity index (χ0v) is 15.2. The van der Waals surface area contributed by atoms with Crippen LogP contribution in [0.1, 0.15) is 52.0 Å². The predicted molar refractivity (Wildman–Crippen MR) is 98.3 cm³/mol. The average Bonchev–Trinajstić information content (AvgIpc) is 3.38. The summed E-state index contributed by atoms with van der Waals surface area (Å²) in [6.07, 6.45) is 4.17. The van der Waals surface area contributed by atoms with E-state index in [0.29, 0.717) is 29.7 Å². The standard InChI is InChI=1S/C20H21N5O2/c1-12-21-19(24-27-12)14-3-2-4-15(11-14)20(26)25-9-7-16-17(8-10-25)22-23-18(16)13-5-6-13/h2-4,11,13H,5-10H2,1H3,(H,22,23). The van der Waals surface area contributed by atoms with E-state index in [1.165, 1.54) is 29.8 Å². The number of aromatic amines is 1. The number of fused-ring (bicyclic) bond motifs is 1. The van der Waals surface area contributed by atoms with Crippen LogP contribution in [0.4, 0.5) is 0 Å². The molecule has 7 nitrogen and oxygen atoms in total. The number of aromatic nitrogens is 4. The minimum absolute atomic E-state index is 0.0446. The number of benzene rings is 1. The van der Waals surface area contributed by atoms with E-state index in [2.05, 4.69) is 20.3 Å². The molecule has 2 aliphatic rings. The summed E-state index contributed by atoms with van der Waals surface area (Å²) in [5.41, 5.74) is 5.21. The van der Waals surface area contributed by atoms with Crippen molar-refractivity contribution < 1.29 is 9.32 Å². The fraction of sp³-hybridized carbons (Fsp3) is 0.400. The molecule has 0 unspecified atom stereocenters. The van der Waals surface area contributed by atoms with E-state index < -0.39 is 0 Å². The SMILES string of the molecule is Cc1nc(-c2cccc(C(=O)N3CCc4[nH]nc(C5CC5)c4CC3)c2)no1. The second kappa shape index (κ2) is 6.33. The fourth-order valence-electron chi connectivity index (χ4n) is 3.80. The van der Waals surface area contributed by atoms with Crippen molar-refractivity contribution in [3.63, 3.8) is 0 Å². The van der Waals surface area contributed by atoms with Crippen molar-refractivity contribution in [1.82, 2.24) is 25.2 Å². The molecule has 0 spiro atoms. The zero-order chi connectivity index (χ0) is 18.4. The number of aryl methyl sites for hydroxylation is 1. The summed E-state index contributed by atoms with van der Waals surface area (Å²) < 4.78 is 5.05. The molecule has 0 radical (unpaired) electrons. The van der Waals surface area contributed by atoms with Gasteiger partial charge in [-0.15, -0.1) is 0 Å². The van der Waals surface area contributed by atoms with Gasteiger partial charge in [-0.2, -0.15) is 10.1 Å². The van der Waals surface area contributed by atoms with Crippen LogP contribution in [-0.2, 0) is 12.8 Å². The Kier molecular flexibility index (Phi) is 3.81. The highest BCUT2D eigenvalue weighted by Crippen LogP contribution is 2.41. The summed E-state index contributed by atoms with van der Waals surface area (Å²) in [7, 11) is 0. The normalized spacial score (nSPS) is 16.9. The lowest BCUT2D eigenvalue weighted by molar-refractivity contribution is 0.0762. The lowest BCUT2D eigenvalue weighted by Crippen LogP contribution is -2.33. The maximum absolute atomic E-state index is 13.1. The molecular weight excluding hydrogens is 342 g/mol. The summed E-state index contributed by atoms with van der Waals surface area (Å²) in [5, 5.41) is 11.7. The van der Waals surface area contributed by atoms with Crippen molar-refractivity contribution in [3.8, 4) is 11.4 Å². The molecule has 27 heavy (non-hydrogen) atoms. The van der Waals surface area contributed by atoms with Gasteiger partial charge >= 0.3 is 0 Å². The molecule has 7 heteroatoms. The molecule has 1 aromatic carbocycles. The Morgan fingerprint density at radius 1 is 1.26 bits per heavy atom. The van der Waals surface area contributed by atoms with E-state index in [1.807, 2.05) is 29.2 Å². The lowest BCUT2D eigenvalue weighted by atomic mass is 10.1. The number of carbonyl (C=O) groups is 1. The average molecular weight is 363 g/mol. The largest absolute Gasteiger partial charge is 0.339 e. The van der Waals surface area contributed by atoms with Gasteiger partial charge in [-0.05, 0) is 37.0 Å². The quantitative estimate of drug-likeness (QED) is 0.773. The summed E-state index contributed by atoms with van der Waals surface area (Å²) in [6, 6.07) is 7.44. The molecular formula is C20H21N5O2. The molecule has 0 bridgehead atoms. The van der Waals surface area contributed by atoms with Gasteiger partial charge in [-0.3, -0.25) is 9.89 Å². The summed E-state index contributed by atoms with van der Waals surface area (Å²) >= 11 is 0. The van der Waals surface area contributed by atoms with E-state index in [1.54, 1.807) is 6.92 Å². The van der Waals surface area contributed by atoms with Gasteiger partial charge in [0.05, 0.1) is 5.69 Å². The monoisotopic (exact) mass is 363 g/mol. The number of hydrogen-bond acceptors (Lipinski definition) is 5. The van der Waals surface area contributed by atoms with Crippen molar-refractivity contribution >= 4 is 5.91 Å². The maximum atomic E-state index is 13.1. The fourth-order valence-corrected chi connectivity index (χ4v) is 3.80. The summed E-state index contributed by atoms with van der Waals surface area (Å²) in [5.74, 6) is 1.69. The summed E-state index contributed by atoms with van der Waals surface area (Å²) in [4.78, 5) is 19.3. The van der Waals surface area contributed by atoms with Crippen LogP contribution in [0, 0.1) is 6.92 Å². The van der Waals surface area contributed by atoms with Gasteiger partial charge in [0.1, 0.15) is 0 Å². The van der Waals surface area contributed by atoms with Crippen LogP contribution in [0.25, 0.3) is 11.4 Å². The first-order chi connectivity index (χ1) is 13.2. The minimum Gasteiger partial charge on any atom is -0.339 e. The zero-order valence-electron chi connectivity index (χ0n) is 15.2. The molecule has 1 saturated carbocycles. The summed E-state index contributed by atoms with van der Waals surface area (Å²) in [6.45, 7) is 3.17. The lowest BCUT2D eigenvalue weighted by Gasteiger charge is -2.20. The van der Waals surface area contributed by atoms with Gasteiger partial charge in [0, 0.05) is 49.2 Å². The van der Waals surface area contributed by atoms with Gasteiger partial charge < -0.3 is 9.42 Å². The van der Waals surface area contributed by atoms with E-state index >= 15 is 0 Å². The van der Waals surface area contributed by atoms with Gasteiger partial charge in [0.25, 0.3) is 5.91 Å². The number of hydrogen-bond donors (Lipinski definition) is 1. The van der Waals surface area contributed by atoms with E-state index in [0.717, 1.165) is 24.9 Å². The number of nitrogens with one attached hydrogen (secondary N) is 1. The van der Waals surface area contributed by atoms with E-state index in [-0.39, 0.29) is 5.91 Å². The molecule has 1 amide bonds. The Bertz CT molecular complexity index is 1000. The second-order valence-corrected chi connectivity index (χ2v) is 7.35. The van der Waals surface area contributed by atoms with Gasteiger partial charge in [0.2, 0.25) is 11.7 Å². The van der Waals surface area contributed by atoms with Crippen LogP contribution < -0.4 is 0 Å². The smallest absolute Gasteiger partial charge is 0.253 e. The Hall–Kier alpha value is -2.96. The highest BCUT2D eigenvalue weighted by molar-refractivity contribution is 5.95. The van der Waals surface area contributed by atoms with Crippen molar-refractivity contribution in [3.05, 3.63) is 52.7 Å². The van der Waals surface area contributed by atoms with Crippen molar-refractivity contribution in [1.29, 1.82) is 0 Å². The molecule has 0 saturated heterocycles. The van der Waals surface area contributed by atoms with Gasteiger partial charge in [0.15, 0.2) is 0 Å². The molecule has 3 heterocycles. The van der Waals surface area contributed by atoms with Crippen molar-refractivity contribution in [2.24, 2.45) is 0 Å². The molecule has 1 aliphatic heterocycles. The number of nitrogens with zero attached hydrogens (tertiary/aromatic N) is 4. The van der Waals surface area contributed by atoms with Crippen LogP contribution in [-0.4, -0.2) is 44.2 Å². The van der Waals surface area contributed by atoms with Crippen LogP contribution in [0.2, 0.25) is 0 Å². The third-order valence-corrected chi connectivity index (χ3v) is 5.39. The molecule has 3 aromatic rings. The first kappa shape index (κ1) is 16.2. The first-order valence-corrected chi connectivity index (χ1v) is 9.45. The van der Waals surface area contributed by atoms with Crippen molar-refractivity contribution in [2.75, 3.05) is 13.1 Å². The molecule has 1 aliphatic carbocycles. The topological polar surface area (TPSA) is 87.9 Å². The third kappa shape index (κ3) is 3.03. The Labute approximate surface area is 156 Å². The number of carbonyl (C=O) groups excluding carboxylic acids is 1. The molecule has 1 N–H and O–H groups in total. The van der Waals surface area contributed by atoms with Crippen LogP contribution >= 0.6 is 0 Å². The Morgan fingerprint density at radius 2 is 2.11 bits per heavy atom. The number of amides is 1. The van der Waals surface area contributed by atoms with Crippen LogP contribution in [0.3, 0.4) is 0 Å². The van der Waals surface area contributed by atoms with Crippen LogP contribution in [0.5, 0.6) is 0 Å². The minimum atomic E-state index is 0.0446. The highest BCUT2D eigenvalue weighted by Gasteiger charge is 2.31. The number of rotatable bonds is 3. The molecule has 1 fully saturated rings. The molecule has 0 atom stereocenters. The van der Waals surface area contributed by atoms with Crippen LogP contribution in [0.15, 0.2) is 28.8 Å². The first-order valence-electron chi connectivity index (χ1n) is 9.45. The van der Waals surface area contributed by atoms with E-state index in [9.17, 15) is 4.79 Å². The van der Waals surface area contributed by atoms with Gasteiger partial charge in [-0.25, -0.2) is 0 Å². The van der Waals surface area contributed by atoms with E-state index in [4.69, 9.17) is 4.52 Å². The number of H-pyrrole nitrogens is 1. The predicted octanol–water partition coefficient (Wildman–Crippen LogP) is 2.89. The van der Waals surface area contributed by atoms with Crippen molar-refractivity contribution in [2.45, 2.75) is 38.5 Å². The molecule has 138 valence electrons. The Morgan fingerprint density at radius 3 is 2.89 bits per heavy atom. The van der Waals surface area contributed by atoms with Gasteiger partial charge in [-0.1, -0.05) is 17.3 Å². The Balaban J connectivity index is 1.35. The third-order valence-electron chi connectivity index (χ3n) is 5.39.